The molecule has 1 aliphatic heterocycles. The topological polar surface area (TPSA) is 49.8 Å². The molecule has 4 rings (SSSR count). The molecule has 1 aromatic heterocycles. The number of pyridine rings is 1. The van der Waals surface area contributed by atoms with Crippen molar-refractivity contribution in [2.75, 3.05) is 20.3 Å². The van der Waals surface area contributed by atoms with Crippen LogP contribution in [0.1, 0.15) is 17.7 Å². The van der Waals surface area contributed by atoms with Crippen LogP contribution in [0.15, 0.2) is 24.3 Å². The lowest BCUT2D eigenvalue weighted by Gasteiger charge is -2.34. The first-order chi connectivity index (χ1) is 15.6. The largest absolute Gasteiger partial charge is 0.481 e. The summed E-state index contributed by atoms with van der Waals surface area (Å²) in [4.78, 5) is 3.26. The van der Waals surface area contributed by atoms with Gasteiger partial charge in [0.25, 0.3) is 0 Å². The van der Waals surface area contributed by atoms with E-state index < -0.39 is 41.2 Å². The summed E-state index contributed by atoms with van der Waals surface area (Å²) in [5.41, 5.74) is -3.64. The van der Waals surface area contributed by atoms with Gasteiger partial charge in [-0.3, -0.25) is 0 Å². The van der Waals surface area contributed by atoms with Crippen LogP contribution in [0.3, 0.4) is 0 Å². The first-order valence-corrected chi connectivity index (χ1v) is 9.85. The molecular weight excluding hydrogens is 456 g/mol. The average molecular weight is 474 g/mol. The van der Waals surface area contributed by atoms with Crippen LogP contribution in [0.25, 0.3) is 10.9 Å². The van der Waals surface area contributed by atoms with Crippen molar-refractivity contribution in [1.82, 2.24) is 4.98 Å². The van der Waals surface area contributed by atoms with E-state index in [1.165, 1.54) is 19.6 Å². The van der Waals surface area contributed by atoms with Gasteiger partial charge in [0.1, 0.15) is 11.4 Å². The molecule has 2 unspecified atom stereocenters. The van der Waals surface area contributed by atoms with E-state index in [9.17, 15) is 26.3 Å². The number of hydrogen-bond donors (Lipinski definition) is 0. The first-order valence-electron chi connectivity index (χ1n) is 9.85. The van der Waals surface area contributed by atoms with Gasteiger partial charge in [0.15, 0.2) is 12.4 Å². The number of benzene rings is 1. The Morgan fingerprint density at radius 1 is 1.09 bits per heavy atom. The predicted octanol–water partition coefficient (Wildman–Crippen LogP) is 5.16. The molecular formula is C22H18F6NO4. The Morgan fingerprint density at radius 3 is 2.58 bits per heavy atom. The number of aromatic nitrogens is 1. The molecule has 1 aliphatic carbocycles. The van der Waals surface area contributed by atoms with E-state index in [1.54, 1.807) is 12.8 Å². The normalized spacial score (nSPS) is 23.4. The van der Waals surface area contributed by atoms with Crippen molar-refractivity contribution >= 4 is 10.9 Å². The predicted molar refractivity (Wildman–Crippen MR) is 103 cm³/mol. The minimum atomic E-state index is -4.98. The molecule has 2 aliphatic rings. The van der Waals surface area contributed by atoms with E-state index in [2.05, 4.69) is 4.98 Å². The first kappa shape index (κ1) is 24.0. The highest BCUT2D eigenvalue weighted by Gasteiger charge is 2.43. The molecule has 0 bridgehead atoms. The summed E-state index contributed by atoms with van der Waals surface area (Å²) >= 11 is 0. The zero-order valence-corrected chi connectivity index (χ0v) is 17.2. The van der Waals surface area contributed by atoms with Gasteiger partial charge in [-0.25, -0.2) is 4.98 Å². The summed E-state index contributed by atoms with van der Waals surface area (Å²) in [7, 11) is 1.52. The lowest BCUT2D eigenvalue weighted by molar-refractivity contribution is -0.211. The molecule has 177 valence electrons. The fraction of sp³-hybridized carbons (Fsp3) is 0.364. The molecule has 0 amide bonds. The number of alkyl halides is 6. The van der Waals surface area contributed by atoms with Crippen LogP contribution in [0.5, 0.6) is 5.75 Å². The molecule has 11 heteroatoms. The van der Waals surface area contributed by atoms with Gasteiger partial charge in [-0.15, -0.1) is 0 Å². The number of rotatable bonds is 5. The molecule has 2 aromatic rings. The van der Waals surface area contributed by atoms with Crippen LogP contribution in [-0.2, 0) is 26.6 Å². The van der Waals surface area contributed by atoms with Crippen molar-refractivity contribution in [1.29, 1.82) is 0 Å². The zero-order chi connectivity index (χ0) is 23.8. The van der Waals surface area contributed by atoms with Gasteiger partial charge in [0, 0.05) is 25.0 Å². The van der Waals surface area contributed by atoms with Crippen LogP contribution < -0.4 is 4.74 Å². The number of nitrogens with zero attached hydrogens (tertiary/aromatic N) is 1. The fourth-order valence-corrected chi connectivity index (χ4v) is 3.56. The van der Waals surface area contributed by atoms with Crippen molar-refractivity contribution < 1.29 is 45.3 Å². The average Bonchev–Trinajstić information content (AvgIpc) is 3.20. The smallest absolute Gasteiger partial charge is 0.433 e. The Labute approximate surface area is 186 Å². The van der Waals surface area contributed by atoms with Crippen LogP contribution in [0.4, 0.5) is 26.3 Å². The summed E-state index contributed by atoms with van der Waals surface area (Å²) < 4.78 is 103. The van der Waals surface area contributed by atoms with Gasteiger partial charge >= 0.3 is 12.4 Å². The number of fused-ring (bicyclic) bond motifs is 1. The Bertz CT molecular complexity index is 978. The highest BCUT2D eigenvalue weighted by atomic mass is 19.4. The monoisotopic (exact) mass is 474 g/mol. The van der Waals surface area contributed by atoms with Gasteiger partial charge in [-0.1, -0.05) is 6.07 Å². The maximum absolute atomic E-state index is 13.5. The molecule has 33 heavy (non-hydrogen) atoms. The molecule has 1 aromatic carbocycles. The second kappa shape index (κ2) is 9.27. The summed E-state index contributed by atoms with van der Waals surface area (Å²) in [6, 6.07) is 3.56. The summed E-state index contributed by atoms with van der Waals surface area (Å²) in [6.45, 7) is 0.676. The third-order valence-corrected chi connectivity index (χ3v) is 5.06. The number of halogens is 6. The minimum Gasteiger partial charge on any atom is -0.481 e. The number of hydrogen-bond acceptors (Lipinski definition) is 5. The van der Waals surface area contributed by atoms with E-state index in [1.807, 2.05) is 0 Å². The van der Waals surface area contributed by atoms with Crippen molar-refractivity contribution in [3.05, 3.63) is 66.8 Å². The standard InChI is InChI=1S/C22H18F6NO4/c1-30-11-12-8-9-31-20(32-12)14-5-3-7-16(14)33-17-10-18(22(26,27)28)29-19-13(17)4-2-6-15(19)21(23,24)25/h2-7,10,12,20H,8-9,11H2,1H3. The van der Waals surface area contributed by atoms with Crippen LogP contribution in [0.2, 0.25) is 0 Å². The van der Waals surface area contributed by atoms with Gasteiger partial charge in [-0.05, 0) is 31.4 Å². The third kappa shape index (κ3) is 5.20. The molecule has 2 atom stereocenters. The van der Waals surface area contributed by atoms with E-state index >= 15 is 0 Å². The van der Waals surface area contributed by atoms with Crippen molar-refractivity contribution in [3.8, 4) is 5.75 Å². The zero-order valence-electron chi connectivity index (χ0n) is 17.2. The van der Waals surface area contributed by atoms with E-state index in [4.69, 9.17) is 18.9 Å². The maximum Gasteiger partial charge on any atom is 0.433 e. The van der Waals surface area contributed by atoms with Gasteiger partial charge < -0.3 is 18.9 Å². The Balaban J connectivity index is 1.69. The second-order valence-electron chi connectivity index (χ2n) is 7.36. The van der Waals surface area contributed by atoms with Gasteiger partial charge in [0.2, 0.25) is 0 Å². The summed E-state index contributed by atoms with van der Waals surface area (Å²) in [6.07, 6.45) is -5.69. The molecule has 0 N–H and O–H groups in total. The molecule has 0 spiro atoms. The SMILES string of the molecule is COCC1CCOC([C]2[CH][CH][CH][C]2Oc2cc(C(F)(F)F)nc3c(C(F)(F)F)cccc23)O1. The van der Waals surface area contributed by atoms with Crippen molar-refractivity contribution in [2.24, 2.45) is 0 Å². The van der Waals surface area contributed by atoms with E-state index in [0.29, 0.717) is 37.7 Å². The lowest BCUT2D eigenvalue weighted by Crippen LogP contribution is -2.40. The third-order valence-electron chi connectivity index (χ3n) is 5.06. The van der Waals surface area contributed by atoms with Gasteiger partial charge in [-0.2, -0.15) is 26.3 Å². The molecule has 1 saturated carbocycles. The van der Waals surface area contributed by atoms with Crippen LogP contribution in [0, 0.1) is 31.3 Å². The highest BCUT2D eigenvalue weighted by Crippen LogP contribution is 2.44. The Morgan fingerprint density at radius 2 is 1.88 bits per heavy atom. The van der Waals surface area contributed by atoms with E-state index in [-0.39, 0.29) is 17.6 Å². The number of ether oxygens (including phenoxy) is 4. The summed E-state index contributed by atoms with van der Waals surface area (Å²) in [5.74, 6) is -0.0311. The molecule has 1 saturated heterocycles. The molecule has 5 nitrogen and oxygen atoms in total. The Hall–Kier alpha value is -2.11. The quantitative estimate of drug-likeness (QED) is 0.561. The highest BCUT2D eigenvalue weighted by molar-refractivity contribution is 5.88. The number of para-hydroxylation sites is 1. The molecule has 5 radical (unpaired) electrons. The number of methoxy groups -OCH3 is 1. The van der Waals surface area contributed by atoms with Crippen molar-refractivity contribution in [3.63, 3.8) is 0 Å². The maximum atomic E-state index is 13.5. The second-order valence-corrected chi connectivity index (χ2v) is 7.36. The fourth-order valence-electron chi connectivity index (χ4n) is 3.56. The lowest BCUT2D eigenvalue weighted by atomic mass is 10.0. The van der Waals surface area contributed by atoms with Gasteiger partial charge in [0.05, 0.1) is 36.3 Å². The van der Waals surface area contributed by atoms with Crippen molar-refractivity contribution in [2.45, 2.75) is 31.2 Å². The van der Waals surface area contributed by atoms with Crippen LogP contribution in [-0.4, -0.2) is 37.7 Å². The molecule has 2 heterocycles. The minimum absolute atomic E-state index is 0.0936. The Kier molecular flexibility index (Phi) is 6.75. The molecule has 2 fully saturated rings. The summed E-state index contributed by atoms with van der Waals surface area (Å²) in [5, 5.41) is -0.215. The van der Waals surface area contributed by atoms with E-state index in [0.717, 1.165) is 6.07 Å². The van der Waals surface area contributed by atoms with Crippen LogP contribution >= 0.6 is 0 Å².